The van der Waals surface area contributed by atoms with E-state index in [0.717, 1.165) is 0 Å². The van der Waals surface area contributed by atoms with Crippen molar-refractivity contribution in [1.82, 2.24) is 29.4 Å². The molecule has 3 N–H and O–H groups in total. The molecule has 1 aromatic carbocycles. The summed E-state index contributed by atoms with van der Waals surface area (Å²) in [5.41, 5.74) is -0.779. The molecule has 1 saturated heterocycles. The number of nitrogens with one attached hydrogen (secondary N) is 1. The van der Waals surface area contributed by atoms with Crippen molar-refractivity contribution in [2.24, 2.45) is 0 Å². The highest BCUT2D eigenvalue weighted by molar-refractivity contribution is 7.21. The van der Waals surface area contributed by atoms with E-state index in [1.807, 2.05) is 0 Å². The van der Waals surface area contributed by atoms with Crippen LogP contribution < -0.4 is 21.3 Å². The SMILES string of the molecule is COc1ccc(F)cc1CCn1c(=O)n(C2(C)CNC(=O)C2)c(=O)c2c(C)c(-n3nccn3)sc21.OCCO. The van der Waals surface area contributed by atoms with Crippen LogP contribution in [0.15, 0.2) is 40.2 Å². The van der Waals surface area contributed by atoms with E-state index in [0.29, 0.717) is 32.1 Å². The Bertz CT molecular complexity index is 1610. The van der Waals surface area contributed by atoms with Crippen molar-refractivity contribution in [3.63, 3.8) is 0 Å². The number of carbonyl (C=O) groups excluding carboxylic acids is 1. The standard InChI is InChI=1S/C23H23FN6O4S.C2H6O2/c1-13-18-19(32)29(23(2)11-17(31)25-12-23)22(33)28(21(18)35-20(13)30-26-7-8-27-30)9-6-14-10-15(24)4-5-16(14)34-3;3-1-2-4/h4-5,7-8,10H,6,9,11-12H2,1-3H3,(H,25,31);3-4H,1-2H2. The molecule has 1 aliphatic rings. The third-order valence-corrected chi connectivity index (χ3v) is 7.76. The fourth-order valence-corrected chi connectivity index (χ4v) is 5.85. The summed E-state index contributed by atoms with van der Waals surface area (Å²) in [5, 5.41) is 27.3. The van der Waals surface area contributed by atoms with E-state index in [4.69, 9.17) is 14.9 Å². The predicted octanol–water partition coefficient (Wildman–Crippen LogP) is 0.710. The molecule has 3 aromatic heterocycles. The number of aromatic nitrogens is 5. The van der Waals surface area contributed by atoms with Gasteiger partial charge in [-0.1, -0.05) is 11.3 Å². The number of hydrogen-bond donors (Lipinski definition) is 3. The number of aryl methyl sites for hydroxylation is 3. The zero-order chi connectivity index (χ0) is 28.3. The van der Waals surface area contributed by atoms with Gasteiger partial charge in [0, 0.05) is 18.7 Å². The Labute approximate surface area is 225 Å². The van der Waals surface area contributed by atoms with Crippen molar-refractivity contribution in [3.05, 3.63) is 68.4 Å². The highest BCUT2D eigenvalue weighted by Crippen LogP contribution is 2.32. The smallest absolute Gasteiger partial charge is 0.332 e. The van der Waals surface area contributed by atoms with Gasteiger partial charge in [0.15, 0.2) is 0 Å². The van der Waals surface area contributed by atoms with Crippen molar-refractivity contribution in [1.29, 1.82) is 0 Å². The van der Waals surface area contributed by atoms with E-state index in [2.05, 4.69) is 15.5 Å². The van der Waals surface area contributed by atoms with Gasteiger partial charge in [-0.05, 0) is 44.0 Å². The maximum absolute atomic E-state index is 13.9. The largest absolute Gasteiger partial charge is 0.496 e. The van der Waals surface area contributed by atoms with E-state index < -0.39 is 22.6 Å². The third kappa shape index (κ3) is 5.35. The molecule has 1 aliphatic heterocycles. The average molecular weight is 561 g/mol. The Kier molecular flexibility index (Phi) is 8.28. The summed E-state index contributed by atoms with van der Waals surface area (Å²) < 4.78 is 22.0. The minimum absolute atomic E-state index is 0.0160. The molecule has 4 heterocycles. The molecule has 1 unspecified atom stereocenters. The van der Waals surface area contributed by atoms with E-state index in [-0.39, 0.29) is 45.1 Å². The highest BCUT2D eigenvalue weighted by atomic mass is 32.1. The topological polar surface area (TPSA) is 153 Å². The molecule has 0 spiro atoms. The Morgan fingerprint density at radius 1 is 1.18 bits per heavy atom. The summed E-state index contributed by atoms with van der Waals surface area (Å²) in [7, 11) is 1.50. The number of amides is 1. The molecule has 1 fully saturated rings. The summed E-state index contributed by atoms with van der Waals surface area (Å²) in [6, 6.07) is 4.22. The van der Waals surface area contributed by atoms with E-state index in [1.54, 1.807) is 13.8 Å². The average Bonchev–Trinajstić information content (AvgIpc) is 3.64. The zero-order valence-electron chi connectivity index (χ0n) is 21.7. The lowest BCUT2D eigenvalue weighted by atomic mass is 10.0. The Hall–Kier alpha value is -3.88. The summed E-state index contributed by atoms with van der Waals surface area (Å²) in [6.45, 7) is 3.59. The quantitative estimate of drug-likeness (QED) is 0.299. The fraction of sp³-hybridized carbons (Fsp3) is 0.400. The fourth-order valence-electron chi connectivity index (χ4n) is 4.61. The number of methoxy groups -OCH3 is 1. The summed E-state index contributed by atoms with van der Waals surface area (Å²) in [5.74, 6) is -0.130. The van der Waals surface area contributed by atoms with Crippen molar-refractivity contribution >= 4 is 27.5 Å². The number of ether oxygens (including phenoxy) is 1. The van der Waals surface area contributed by atoms with E-state index in [1.165, 1.54) is 63.0 Å². The molecule has 0 aliphatic carbocycles. The van der Waals surface area contributed by atoms with Gasteiger partial charge in [-0.2, -0.15) is 10.2 Å². The number of aliphatic hydroxyl groups excluding tert-OH is 2. The van der Waals surface area contributed by atoms with Crippen LogP contribution in [0.3, 0.4) is 0 Å². The van der Waals surface area contributed by atoms with Crippen molar-refractivity contribution in [2.75, 3.05) is 26.9 Å². The van der Waals surface area contributed by atoms with Crippen LogP contribution in [-0.4, -0.2) is 67.1 Å². The summed E-state index contributed by atoms with van der Waals surface area (Å²) >= 11 is 1.24. The van der Waals surface area contributed by atoms with Crippen LogP contribution in [0.25, 0.3) is 15.2 Å². The molecule has 39 heavy (non-hydrogen) atoms. The van der Waals surface area contributed by atoms with E-state index in [9.17, 15) is 18.8 Å². The molecule has 0 saturated carbocycles. The number of halogens is 1. The lowest BCUT2D eigenvalue weighted by molar-refractivity contribution is -0.119. The maximum atomic E-state index is 13.9. The van der Waals surface area contributed by atoms with Gasteiger partial charge in [0.05, 0.1) is 50.1 Å². The Morgan fingerprint density at radius 3 is 2.46 bits per heavy atom. The number of hydrogen-bond acceptors (Lipinski definition) is 9. The normalized spacial score (nSPS) is 16.7. The summed E-state index contributed by atoms with van der Waals surface area (Å²) in [6.07, 6.45) is 3.36. The summed E-state index contributed by atoms with van der Waals surface area (Å²) in [4.78, 5) is 41.4. The van der Waals surface area contributed by atoms with Gasteiger partial charge in [0.1, 0.15) is 21.4 Å². The number of rotatable bonds is 7. The van der Waals surface area contributed by atoms with Crippen LogP contribution in [-0.2, 0) is 23.3 Å². The van der Waals surface area contributed by atoms with Crippen LogP contribution >= 0.6 is 11.3 Å². The second-order valence-corrected chi connectivity index (χ2v) is 10.2. The van der Waals surface area contributed by atoms with Gasteiger partial charge in [-0.15, -0.1) is 4.80 Å². The third-order valence-electron chi connectivity index (χ3n) is 6.48. The Morgan fingerprint density at radius 2 is 1.87 bits per heavy atom. The van der Waals surface area contributed by atoms with Crippen LogP contribution in [0, 0.1) is 12.7 Å². The predicted molar refractivity (Wildman–Crippen MR) is 142 cm³/mol. The molecule has 0 radical (unpaired) electrons. The minimum atomic E-state index is -1.02. The zero-order valence-corrected chi connectivity index (χ0v) is 22.5. The molecule has 0 bridgehead atoms. The van der Waals surface area contributed by atoms with Crippen molar-refractivity contribution in [3.8, 4) is 10.8 Å². The van der Waals surface area contributed by atoms with E-state index >= 15 is 0 Å². The van der Waals surface area contributed by atoms with Crippen LogP contribution in [0.2, 0.25) is 0 Å². The lowest BCUT2D eigenvalue weighted by Gasteiger charge is -2.25. The number of benzene rings is 1. The van der Waals surface area contributed by atoms with Crippen molar-refractivity contribution in [2.45, 2.75) is 38.8 Å². The first-order chi connectivity index (χ1) is 18.6. The first kappa shape index (κ1) is 28.1. The first-order valence-corrected chi connectivity index (χ1v) is 12.9. The van der Waals surface area contributed by atoms with Crippen LogP contribution in [0.5, 0.6) is 5.75 Å². The van der Waals surface area contributed by atoms with Crippen molar-refractivity contribution < 1.29 is 24.1 Å². The minimum Gasteiger partial charge on any atom is -0.496 e. The van der Waals surface area contributed by atoms with Crippen LogP contribution in [0.1, 0.15) is 24.5 Å². The number of thiophene rings is 1. The molecular formula is C25H29FN6O6S. The number of fused-ring (bicyclic) bond motifs is 1. The van der Waals surface area contributed by atoms with Gasteiger partial charge in [-0.25, -0.2) is 9.18 Å². The Balaban J connectivity index is 0.000000826. The monoisotopic (exact) mass is 560 g/mol. The second kappa shape index (κ2) is 11.5. The maximum Gasteiger partial charge on any atom is 0.332 e. The second-order valence-electron chi connectivity index (χ2n) is 9.21. The molecule has 1 atom stereocenters. The number of carbonyl (C=O) groups is 1. The number of nitrogens with zero attached hydrogens (tertiary/aromatic N) is 5. The molecule has 1 amide bonds. The van der Waals surface area contributed by atoms with Gasteiger partial charge in [0.25, 0.3) is 5.56 Å². The molecule has 5 rings (SSSR count). The van der Waals surface area contributed by atoms with Gasteiger partial charge >= 0.3 is 5.69 Å². The lowest BCUT2D eigenvalue weighted by Crippen LogP contribution is -2.51. The molecule has 4 aromatic rings. The van der Waals surface area contributed by atoms with Crippen LogP contribution in [0.4, 0.5) is 4.39 Å². The number of aliphatic hydroxyl groups is 2. The molecule has 12 nitrogen and oxygen atoms in total. The first-order valence-electron chi connectivity index (χ1n) is 12.1. The van der Waals surface area contributed by atoms with Gasteiger partial charge in [0.2, 0.25) is 5.91 Å². The molecule has 208 valence electrons. The van der Waals surface area contributed by atoms with Gasteiger partial charge in [-0.3, -0.25) is 18.7 Å². The highest BCUT2D eigenvalue weighted by Gasteiger charge is 2.39. The molecule has 14 heteroatoms. The van der Waals surface area contributed by atoms with Gasteiger partial charge < -0.3 is 20.3 Å². The molecular weight excluding hydrogens is 531 g/mol.